The number of aromatic amines is 1. The minimum absolute atomic E-state index is 0.0839. The first-order valence-corrected chi connectivity index (χ1v) is 16.8. The summed E-state index contributed by atoms with van der Waals surface area (Å²) in [7, 11) is 0. The molecule has 1 saturated heterocycles. The highest BCUT2D eigenvalue weighted by Crippen LogP contribution is 2.28. The third-order valence-electron chi connectivity index (χ3n) is 9.27. The first kappa shape index (κ1) is 33.2. The van der Waals surface area contributed by atoms with Crippen LogP contribution in [0.25, 0.3) is 22.5 Å². The number of carbonyl (C=O) groups is 2. The number of ether oxygens (including phenoxy) is 1. The normalized spacial score (nSPS) is 18.9. The molecule has 1 saturated carbocycles. The standard InChI is InChI=1S/C35H44N10O3/c36-22-25-3-7-28(8-4-25)34(46)40-31(35(47)39-30-12-9-27(10-13-30)33-41-43-44-42-33)21-24-1-5-26(6-2-24)29-11-14-32(38-23-29)37-15-16-45-17-19-48-20-18-45/h1-2,5-6,9-14,23,25,28,31H,3-4,7-8,15-22,36H2,(H,37,38)(H,39,47)(H,40,46)(H,41,42,43,44). The molecule has 2 aliphatic rings. The zero-order valence-electron chi connectivity index (χ0n) is 27.1. The van der Waals surface area contributed by atoms with Gasteiger partial charge in [-0.3, -0.25) is 14.5 Å². The fourth-order valence-electron chi connectivity index (χ4n) is 6.28. The van der Waals surface area contributed by atoms with E-state index < -0.39 is 6.04 Å². The molecular weight excluding hydrogens is 608 g/mol. The molecule has 1 atom stereocenters. The van der Waals surface area contributed by atoms with E-state index in [2.05, 4.69) is 52.5 Å². The van der Waals surface area contributed by atoms with Crippen molar-refractivity contribution >= 4 is 23.3 Å². The third-order valence-corrected chi connectivity index (χ3v) is 9.27. The van der Waals surface area contributed by atoms with Crippen molar-refractivity contribution in [2.75, 3.05) is 56.6 Å². The van der Waals surface area contributed by atoms with Crippen LogP contribution in [0.15, 0.2) is 66.9 Å². The van der Waals surface area contributed by atoms with E-state index in [4.69, 9.17) is 10.5 Å². The highest BCUT2D eigenvalue weighted by molar-refractivity contribution is 5.97. The number of tetrazole rings is 1. The summed E-state index contributed by atoms with van der Waals surface area (Å²) < 4.78 is 5.42. The average molecular weight is 653 g/mol. The largest absolute Gasteiger partial charge is 0.379 e. The SMILES string of the molecule is NCC1CCC(C(=O)NC(Cc2ccc(-c3ccc(NCCN4CCOCC4)nc3)cc2)C(=O)Nc2ccc(-c3nn[nH]n3)cc2)CC1. The number of hydrogen-bond donors (Lipinski definition) is 5. The van der Waals surface area contributed by atoms with Crippen molar-refractivity contribution in [2.45, 2.75) is 38.1 Å². The van der Waals surface area contributed by atoms with E-state index >= 15 is 0 Å². The molecule has 0 bridgehead atoms. The quantitative estimate of drug-likeness (QED) is 0.144. The number of amides is 2. The summed E-state index contributed by atoms with van der Waals surface area (Å²) in [5.41, 5.74) is 10.2. The molecule has 1 aliphatic carbocycles. The van der Waals surface area contributed by atoms with Crippen LogP contribution in [-0.4, -0.2) is 94.3 Å². The lowest BCUT2D eigenvalue weighted by molar-refractivity contribution is -0.130. The molecule has 3 heterocycles. The first-order valence-electron chi connectivity index (χ1n) is 16.8. The van der Waals surface area contributed by atoms with Gasteiger partial charge in [-0.2, -0.15) is 5.21 Å². The number of hydrogen-bond acceptors (Lipinski definition) is 10. The summed E-state index contributed by atoms with van der Waals surface area (Å²) in [6.07, 6.45) is 5.64. The van der Waals surface area contributed by atoms with Crippen LogP contribution in [0.3, 0.4) is 0 Å². The molecule has 6 N–H and O–H groups in total. The second-order valence-electron chi connectivity index (χ2n) is 12.5. The summed E-state index contributed by atoms with van der Waals surface area (Å²) in [5.74, 6) is 1.28. The summed E-state index contributed by atoms with van der Waals surface area (Å²) >= 11 is 0. The van der Waals surface area contributed by atoms with Crippen LogP contribution in [-0.2, 0) is 20.7 Å². The number of nitrogens with zero attached hydrogens (tertiary/aromatic N) is 5. The van der Waals surface area contributed by atoms with E-state index in [1.807, 2.05) is 48.7 Å². The Bertz CT molecular complexity index is 1580. The van der Waals surface area contributed by atoms with Gasteiger partial charge in [0.25, 0.3) is 0 Å². The van der Waals surface area contributed by atoms with Gasteiger partial charge >= 0.3 is 0 Å². The van der Waals surface area contributed by atoms with Gasteiger partial charge in [0.1, 0.15) is 11.9 Å². The molecule has 2 fully saturated rings. The molecule has 0 spiro atoms. The van der Waals surface area contributed by atoms with Crippen molar-refractivity contribution in [2.24, 2.45) is 17.6 Å². The zero-order chi connectivity index (χ0) is 33.1. The average Bonchev–Trinajstić information content (AvgIpc) is 3.68. The molecule has 13 heteroatoms. The number of morpholine rings is 1. The summed E-state index contributed by atoms with van der Waals surface area (Å²) in [6.45, 7) is 5.95. The summed E-state index contributed by atoms with van der Waals surface area (Å²) in [5, 5.41) is 23.5. The molecule has 4 aromatic rings. The lowest BCUT2D eigenvalue weighted by Crippen LogP contribution is -2.48. The molecule has 2 aromatic heterocycles. The number of nitrogens with two attached hydrogens (primary N) is 1. The van der Waals surface area contributed by atoms with Crippen molar-refractivity contribution in [3.8, 4) is 22.5 Å². The van der Waals surface area contributed by atoms with Gasteiger partial charge in [-0.1, -0.05) is 24.3 Å². The number of benzene rings is 2. The van der Waals surface area contributed by atoms with E-state index in [-0.39, 0.29) is 17.7 Å². The maximum absolute atomic E-state index is 13.6. The minimum atomic E-state index is -0.753. The number of nitrogens with one attached hydrogen (secondary N) is 4. The molecule has 0 radical (unpaired) electrons. The number of carbonyl (C=O) groups excluding carboxylic acids is 2. The number of aromatic nitrogens is 5. The van der Waals surface area contributed by atoms with Crippen molar-refractivity contribution in [3.05, 3.63) is 72.4 Å². The monoisotopic (exact) mass is 652 g/mol. The van der Waals surface area contributed by atoms with Gasteiger partial charge in [-0.15, -0.1) is 10.2 Å². The fourth-order valence-corrected chi connectivity index (χ4v) is 6.28. The van der Waals surface area contributed by atoms with E-state index in [9.17, 15) is 9.59 Å². The lowest BCUT2D eigenvalue weighted by atomic mass is 9.81. The predicted molar refractivity (Wildman–Crippen MR) is 184 cm³/mol. The Morgan fingerprint density at radius 3 is 2.33 bits per heavy atom. The number of anilines is 2. The van der Waals surface area contributed by atoms with Crippen LogP contribution < -0.4 is 21.7 Å². The second kappa shape index (κ2) is 16.4. The Morgan fingerprint density at radius 1 is 0.938 bits per heavy atom. The minimum Gasteiger partial charge on any atom is -0.379 e. The number of rotatable bonds is 13. The van der Waals surface area contributed by atoms with Gasteiger partial charge in [0.05, 0.1) is 13.2 Å². The molecule has 2 amide bonds. The highest BCUT2D eigenvalue weighted by atomic mass is 16.5. The summed E-state index contributed by atoms with van der Waals surface area (Å²) in [6, 6.07) is 18.5. The van der Waals surface area contributed by atoms with Gasteiger partial charge in [0, 0.05) is 61.5 Å². The molecule has 13 nitrogen and oxygen atoms in total. The molecule has 6 rings (SSSR count). The van der Waals surface area contributed by atoms with Gasteiger partial charge in [-0.25, -0.2) is 4.98 Å². The summed E-state index contributed by atoms with van der Waals surface area (Å²) in [4.78, 5) is 34.0. The van der Waals surface area contributed by atoms with Crippen molar-refractivity contribution in [3.63, 3.8) is 0 Å². The molecular formula is C35H44N10O3. The predicted octanol–water partition coefficient (Wildman–Crippen LogP) is 3.10. The molecule has 1 aliphatic heterocycles. The lowest BCUT2D eigenvalue weighted by Gasteiger charge is -2.28. The van der Waals surface area contributed by atoms with E-state index in [1.165, 1.54) is 0 Å². The second-order valence-corrected chi connectivity index (χ2v) is 12.5. The van der Waals surface area contributed by atoms with Crippen LogP contribution >= 0.6 is 0 Å². The smallest absolute Gasteiger partial charge is 0.247 e. The van der Waals surface area contributed by atoms with Crippen LogP contribution in [0.1, 0.15) is 31.2 Å². The van der Waals surface area contributed by atoms with Crippen LogP contribution in [0, 0.1) is 11.8 Å². The zero-order valence-corrected chi connectivity index (χ0v) is 27.1. The Kier molecular flexibility index (Phi) is 11.3. The van der Waals surface area contributed by atoms with Crippen molar-refractivity contribution in [1.29, 1.82) is 0 Å². The molecule has 2 aromatic carbocycles. The van der Waals surface area contributed by atoms with E-state index in [0.29, 0.717) is 30.4 Å². The fraction of sp³-hybridized carbons (Fsp3) is 0.429. The van der Waals surface area contributed by atoms with Crippen molar-refractivity contribution < 1.29 is 14.3 Å². The Morgan fingerprint density at radius 2 is 1.67 bits per heavy atom. The topological polar surface area (TPSA) is 176 Å². The third kappa shape index (κ3) is 9.00. The van der Waals surface area contributed by atoms with Gasteiger partial charge in [0.15, 0.2) is 0 Å². The number of H-pyrrole nitrogens is 1. The first-order chi connectivity index (χ1) is 23.5. The maximum Gasteiger partial charge on any atom is 0.247 e. The molecule has 252 valence electrons. The van der Waals surface area contributed by atoms with Gasteiger partial charge in [0.2, 0.25) is 17.6 Å². The Balaban J connectivity index is 1.08. The van der Waals surface area contributed by atoms with Crippen LogP contribution in [0.2, 0.25) is 0 Å². The Labute approximate surface area is 280 Å². The maximum atomic E-state index is 13.6. The van der Waals surface area contributed by atoms with E-state index in [1.54, 1.807) is 12.1 Å². The van der Waals surface area contributed by atoms with Gasteiger partial charge in [-0.05, 0) is 90.9 Å². The number of pyridine rings is 1. The molecule has 1 unspecified atom stereocenters. The van der Waals surface area contributed by atoms with Crippen LogP contribution in [0.4, 0.5) is 11.5 Å². The van der Waals surface area contributed by atoms with Gasteiger partial charge < -0.3 is 26.4 Å². The van der Waals surface area contributed by atoms with E-state index in [0.717, 1.165) is 93.1 Å². The van der Waals surface area contributed by atoms with Crippen molar-refractivity contribution in [1.82, 2.24) is 35.8 Å². The highest BCUT2D eigenvalue weighted by Gasteiger charge is 2.29. The van der Waals surface area contributed by atoms with Crippen LogP contribution in [0.5, 0.6) is 0 Å². The Hall–Kier alpha value is -4.72. The molecule has 48 heavy (non-hydrogen) atoms.